The van der Waals surface area contributed by atoms with E-state index >= 15 is 0 Å². The van der Waals surface area contributed by atoms with Crippen LogP contribution in [0.3, 0.4) is 0 Å². The highest BCUT2D eigenvalue weighted by molar-refractivity contribution is 7.09. The van der Waals surface area contributed by atoms with E-state index in [1.54, 1.807) is 11.3 Å². The average Bonchev–Trinajstić information content (AvgIpc) is 3.18. The van der Waals surface area contributed by atoms with E-state index in [1.807, 2.05) is 31.4 Å². The van der Waals surface area contributed by atoms with Crippen LogP contribution in [0, 0.1) is 20.8 Å². The van der Waals surface area contributed by atoms with Crippen LogP contribution >= 0.6 is 11.3 Å². The van der Waals surface area contributed by atoms with Crippen molar-refractivity contribution in [3.63, 3.8) is 0 Å². The fourth-order valence-corrected chi connectivity index (χ4v) is 3.42. The van der Waals surface area contributed by atoms with Crippen LogP contribution in [0.25, 0.3) is 0 Å². The summed E-state index contributed by atoms with van der Waals surface area (Å²) in [4.78, 5) is 4.41. The van der Waals surface area contributed by atoms with E-state index in [-0.39, 0.29) is 0 Å². The number of hydrogen-bond acceptors (Lipinski definition) is 5. The fourth-order valence-electron chi connectivity index (χ4n) is 2.82. The van der Waals surface area contributed by atoms with Gasteiger partial charge in [-0.3, -0.25) is 4.68 Å². The number of rotatable bonds is 9. The number of hydrogen-bond donors (Lipinski definition) is 1. The number of nitrogens with one attached hydrogen (secondary N) is 1. The molecule has 2 heterocycles. The Morgan fingerprint density at radius 3 is 2.62 bits per heavy atom. The Balaban J connectivity index is 1.35. The molecule has 1 aromatic carbocycles. The van der Waals surface area contributed by atoms with Gasteiger partial charge >= 0.3 is 0 Å². The molecule has 0 amide bonds. The molecule has 0 fully saturated rings. The molecule has 0 saturated carbocycles. The molecule has 3 rings (SSSR count). The highest BCUT2D eigenvalue weighted by atomic mass is 32.1. The predicted octanol–water partition coefficient (Wildman–Crippen LogP) is 4.02. The van der Waals surface area contributed by atoms with Gasteiger partial charge < -0.3 is 10.1 Å². The summed E-state index contributed by atoms with van der Waals surface area (Å²) < 4.78 is 7.86. The van der Waals surface area contributed by atoms with Crippen molar-refractivity contribution < 1.29 is 4.74 Å². The molecule has 0 spiro atoms. The van der Waals surface area contributed by atoms with Crippen LogP contribution in [0.5, 0.6) is 5.75 Å². The van der Waals surface area contributed by atoms with E-state index in [2.05, 4.69) is 45.2 Å². The second-order valence-electron chi connectivity index (χ2n) is 6.47. The summed E-state index contributed by atoms with van der Waals surface area (Å²) in [5.74, 6) is 0.879. The Kier molecular flexibility index (Phi) is 6.41. The Bertz CT molecular complexity index is 823. The Morgan fingerprint density at radius 2 is 1.96 bits per heavy atom. The number of aromatic nitrogens is 3. The highest BCUT2D eigenvalue weighted by Crippen LogP contribution is 2.15. The van der Waals surface area contributed by atoms with Crippen LogP contribution in [0.15, 0.2) is 35.7 Å². The lowest BCUT2D eigenvalue weighted by molar-refractivity contribution is 0.302. The summed E-state index contributed by atoms with van der Waals surface area (Å²) in [5.41, 5.74) is 4.56. The molecule has 0 unspecified atom stereocenters. The van der Waals surface area contributed by atoms with Gasteiger partial charge in [-0.1, -0.05) is 12.1 Å². The van der Waals surface area contributed by atoms with Gasteiger partial charge in [0.15, 0.2) is 0 Å². The molecule has 0 bridgehead atoms. The van der Waals surface area contributed by atoms with E-state index in [9.17, 15) is 0 Å². The second kappa shape index (κ2) is 8.96. The van der Waals surface area contributed by atoms with Gasteiger partial charge in [-0.25, -0.2) is 4.98 Å². The summed E-state index contributed by atoms with van der Waals surface area (Å²) in [6, 6.07) is 10.4. The van der Waals surface area contributed by atoms with Crippen molar-refractivity contribution in [2.24, 2.45) is 0 Å². The first-order valence-corrected chi connectivity index (χ1v) is 9.82. The normalized spacial score (nSPS) is 11.0. The van der Waals surface area contributed by atoms with Crippen molar-refractivity contribution >= 4 is 11.3 Å². The highest BCUT2D eigenvalue weighted by Gasteiger charge is 2.02. The molecule has 138 valence electrons. The van der Waals surface area contributed by atoms with E-state index in [1.165, 1.54) is 11.3 Å². The Morgan fingerprint density at radius 1 is 1.15 bits per heavy atom. The van der Waals surface area contributed by atoms with E-state index < -0.39 is 0 Å². The fraction of sp³-hybridized carbons (Fsp3) is 0.400. The third-order valence-corrected chi connectivity index (χ3v) is 4.95. The molecule has 26 heavy (non-hydrogen) atoms. The number of thiazole rings is 1. The van der Waals surface area contributed by atoms with Crippen molar-refractivity contribution in [1.29, 1.82) is 0 Å². The Hall–Kier alpha value is -2.18. The molecular weight excluding hydrogens is 344 g/mol. The van der Waals surface area contributed by atoms with Crippen LogP contribution in [0.4, 0.5) is 0 Å². The predicted molar refractivity (Wildman–Crippen MR) is 106 cm³/mol. The van der Waals surface area contributed by atoms with Crippen molar-refractivity contribution in [3.8, 4) is 5.75 Å². The zero-order valence-electron chi connectivity index (χ0n) is 15.7. The van der Waals surface area contributed by atoms with Crippen molar-refractivity contribution in [2.75, 3.05) is 6.54 Å². The molecule has 6 heteroatoms. The van der Waals surface area contributed by atoms with Gasteiger partial charge in [0.25, 0.3) is 0 Å². The minimum atomic E-state index is 0.522. The maximum atomic E-state index is 5.78. The van der Waals surface area contributed by atoms with Crippen LogP contribution in [0.2, 0.25) is 0 Å². The lowest BCUT2D eigenvalue weighted by atomic mass is 10.2. The number of benzene rings is 1. The molecule has 0 aliphatic rings. The van der Waals surface area contributed by atoms with Gasteiger partial charge in [0.2, 0.25) is 0 Å². The van der Waals surface area contributed by atoms with E-state index in [0.29, 0.717) is 6.61 Å². The topological polar surface area (TPSA) is 52.0 Å². The van der Waals surface area contributed by atoms with Gasteiger partial charge in [-0.2, -0.15) is 5.10 Å². The molecule has 3 aromatic rings. The molecule has 5 nitrogen and oxygen atoms in total. The van der Waals surface area contributed by atoms with Gasteiger partial charge in [0.1, 0.15) is 12.4 Å². The maximum absolute atomic E-state index is 5.78. The summed E-state index contributed by atoms with van der Waals surface area (Å²) in [7, 11) is 0. The van der Waals surface area contributed by atoms with Gasteiger partial charge in [0.05, 0.1) is 16.4 Å². The number of ether oxygens (including phenoxy) is 1. The summed E-state index contributed by atoms with van der Waals surface area (Å²) in [5, 5.41) is 11.1. The molecule has 0 saturated heterocycles. The third kappa shape index (κ3) is 5.41. The van der Waals surface area contributed by atoms with Crippen molar-refractivity contribution in [1.82, 2.24) is 20.1 Å². The molecule has 0 aliphatic carbocycles. The van der Waals surface area contributed by atoms with E-state index in [4.69, 9.17) is 4.74 Å². The first-order chi connectivity index (χ1) is 12.6. The third-order valence-electron chi connectivity index (χ3n) is 4.13. The summed E-state index contributed by atoms with van der Waals surface area (Å²) in [6.07, 6.45) is 1.07. The minimum Gasteiger partial charge on any atom is -0.487 e. The zero-order valence-corrected chi connectivity index (χ0v) is 16.5. The smallest absolute Gasteiger partial charge is 0.131 e. The standard InChI is InChI=1S/C20H26N4OS/c1-15-11-16(2)24(23-15)10-4-9-21-12-18-5-7-20(8-6-18)25-13-19-14-26-17(3)22-19/h5-8,11,14,21H,4,9-10,12-13H2,1-3H3. The van der Waals surface area contributed by atoms with Gasteiger partial charge in [0, 0.05) is 24.2 Å². The molecular formula is C20H26N4OS. The maximum Gasteiger partial charge on any atom is 0.131 e. The van der Waals surface area contributed by atoms with Crippen LogP contribution in [-0.2, 0) is 19.7 Å². The lowest BCUT2D eigenvalue weighted by Crippen LogP contribution is -2.17. The second-order valence-corrected chi connectivity index (χ2v) is 7.53. The van der Waals surface area contributed by atoms with E-state index in [0.717, 1.165) is 48.2 Å². The van der Waals surface area contributed by atoms with Crippen LogP contribution in [0.1, 0.15) is 34.1 Å². The summed E-state index contributed by atoms with van der Waals surface area (Å²) >= 11 is 1.65. The quantitative estimate of drug-likeness (QED) is 0.578. The summed E-state index contributed by atoms with van der Waals surface area (Å²) in [6.45, 7) is 9.46. The molecule has 0 radical (unpaired) electrons. The monoisotopic (exact) mass is 370 g/mol. The largest absolute Gasteiger partial charge is 0.487 e. The Labute approximate surface area is 159 Å². The van der Waals surface area contributed by atoms with Crippen LogP contribution in [-0.4, -0.2) is 21.3 Å². The lowest BCUT2D eigenvalue weighted by Gasteiger charge is -2.08. The molecule has 0 aliphatic heterocycles. The SMILES string of the molecule is Cc1cc(C)n(CCCNCc2ccc(OCc3csc(C)n3)cc2)n1. The molecule has 1 N–H and O–H groups in total. The van der Waals surface area contributed by atoms with Gasteiger partial charge in [-0.05, 0) is 57.5 Å². The van der Waals surface area contributed by atoms with Crippen molar-refractivity contribution in [3.05, 3.63) is 63.4 Å². The van der Waals surface area contributed by atoms with Gasteiger partial charge in [-0.15, -0.1) is 11.3 Å². The first-order valence-electron chi connectivity index (χ1n) is 8.94. The molecule has 2 aromatic heterocycles. The van der Waals surface area contributed by atoms with Crippen LogP contribution < -0.4 is 10.1 Å². The van der Waals surface area contributed by atoms with Crippen molar-refractivity contribution in [2.45, 2.75) is 46.9 Å². The number of nitrogens with zero attached hydrogens (tertiary/aromatic N) is 3. The number of aryl methyl sites for hydroxylation is 4. The molecule has 0 atom stereocenters. The first kappa shape index (κ1) is 18.6. The average molecular weight is 371 g/mol. The zero-order chi connectivity index (χ0) is 18.4. The minimum absolute atomic E-state index is 0.522.